The van der Waals surface area contributed by atoms with Gasteiger partial charge in [-0.15, -0.1) is 0 Å². The zero-order valence-corrected chi connectivity index (χ0v) is 18.2. The number of Topliss-reactive ketones (excluding diaryl/α,β-unsaturated/α-hetero) is 1. The van der Waals surface area contributed by atoms with Crippen molar-refractivity contribution < 1.29 is 24.5 Å². The van der Waals surface area contributed by atoms with Crippen LogP contribution in [0.5, 0.6) is 0 Å². The summed E-state index contributed by atoms with van der Waals surface area (Å²) in [5, 5.41) is 22.7. The van der Waals surface area contributed by atoms with Gasteiger partial charge in [-0.25, -0.2) is 0 Å². The Kier molecular flexibility index (Phi) is 3.72. The molecule has 8 atom stereocenters. The highest BCUT2D eigenvalue weighted by Crippen LogP contribution is 2.77. The van der Waals surface area contributed by atoms with Crippen molar-refractivity contribution in [3.8, 4) is 0 Å². The first-order valence-corrected chi connectivity index (χ1v) is 11.0. The van der Waals surface area contributed by atoms with E-state index in [2.05, 4.69) is 39.5 Å². The van der Waals surface area contributed by atoms with Crippen LogP contribution in [0, 0.1) is 39.9 Å². The Morgan fingerprint density at radius 2 is 2.00 bits per heavy atom. The summed E-state index contributed by atoms with van der Waals surface area (Å²) >= 11 is 0. The van der Waals surface area contributed by atoms with Gasteiger partial charge < -0.3 is 19.7 Å². The van der Waals surface area contributed by atoms with Crippen LogP contribution in [0.4, 0.5) is 0 Å². The number of aliphatic hydroxyl groups excluding tert-OH is 1. The van der Waals surface area contributed by atoms with Crippen molar-refractivity contribution in [1.29, 1.82) is 0 Å². The molecular weight excluding hydrogens is 368 g/mol. The minimum absolute atomic E-state index is 0.00618. The Morgan fingerprint density at radius 3 is 2.66 bits per heavy atom. The van der Waals surface area contributed by atoms with Gasteiger partial charge in [0.25, 0.3) is 0 Å². The molecule has 5 heteroatoms. The summed E-state index contributed by atoms with van der Waals surface area (Å²) in [5.41, 5.74) is -0.981. The van der Waals surface area contributed by atoms with Gasteiger partial charge in [-0.3, -0.25) is 4.79 Å². The number of hydrogen-bond acceptors (Lipinski definition) is 5. The predicted octanol–water partition coefficient (Wildman–Crippen LogP) is 3.21. The Morgan fingerprint density at radius 1 is 1.31 bits per heavy atom. The minimum Gasteiger partial charge on any atom is -0.387 e. The van der Waals surface area contributed by atoms with E-state index in [9.17, 15) is 15.0 Å². The number of allylic oxidation sites excluding steroid dienone is 2. The number of carbonyl (C=O) groups is 1. The number of fused-ring (bicyclic) bond motifs is 2. The maximum atomic E-state index is 13.9. The maximum absolute atomic E-state index is 13.9. The molecular formula is C24H34O5. The van der Waals surface area contributed by atoms with Crippen molar-refractivity contribution in [2.75, 3.05) is 6.61 Å². The number of rotatable bonds is 2. The quantitative estimate of drug-likeness (QED) is 0.421. The standard InChI is InChI=1S/C24H34O5/c1-13-15-8-9-16-22-11-7-10-20(3,4)17(22)19(26)24(28-12-22,29-21(5,6)27)23(16,14(15)2)18(13)25/h7,11,14-17,19,26-27H,1,8-10,12H2,2-6H3/t14-,15+,16?,17?,19+,22-,23+,24+/m1/s1. The van der Waals surface area contributed by atoms with E-state index in [1.54, 1.807) is 13.8 Å². The number of aliphatic hydroxyl groups is 2. The van der Waals surface area contributed by atoms with E-state index in [1.165, 1.54) is 0 Å². The molecule has 2 unspecified atom stereocenters. The van der Waals surface area contributed by atoms with Gasteiger partial charge in [0.05, 0.1) is 12.0 Å². The summed E-state index contributed by atoms with van der Waals surface area (Å²) in [6.07, 6.45) is 6.08. The van der Waals surface area contributed by atoms with E-state index in [4.69, 9.17) is 9.47 Å². The molecule has 0 aromatic rings. The third-order valence-electron chi connectivity index (χ3n) is 9.11. The highest BCUT2D eigenvalue weighted by Gasteiger charge is 2.85. The lowest BCUT2D eigenvalue weighted by Crippen LogP contribution is -2.83. The molecule has 0 radical (unpaired) electrons. The Labute approximate surface area is 173 Å². The summed E-state index contributed by atoms with van der Waals surface area (Å²) in [6.45, 7) is 14.1. The van der Waals surface area contributed by atoms with Gasteiger partial charge >= 0.3 is 0 Å². The van der Waals surface area contributed by atoms with Crippen molar-refractivity contribution in [2.45, 2.75) is 71.6 Å². The van der Waals surface area contributed by atoms with Crippen LogP contribution in [0.1, 0.15) is 53.9 Å². The molecule has 2 heterocycles. The van der Waals surface area contributed by atoms with Crippen LogP contribution in [-0.2, 0) is 14.3 Å². The minimum atomic E-state index is -1.57. The first kappa shape index (κ1) is 19.9. The smallest absolute Gasteiger partial charge is 0.211 e. The van der Waals surface area contributed by atoms with E-state index in [1.807, 2.05) is 0 Å². The van der Waals surface area contributed by atoms with E-state index < -0.39 is 28.5 Å². The van der Waals surface area contributed by atoms with Crippen molar-refractivity contribution in [2.24, 2.45) is 39.9 Å². The number of hydrogen-bond donors (Lipinski definition) is 2. The van der Waals surface area contributed by atoms with Gasteiger partial charge in [0, 0.05) is 11.3 Å². The fourth-order valence-corrected chi connectivity index (χ4v) is 8.42. The Bertz CT molecular complexity index is 822. The molecule has 160 valence electrons. The number of ether oxygens (including phenoxy) is 2. The highest BCUT2D eigenvalue weighted by molar-refractivity contribution is 6.04. The zero-order chi connectivity index (χ0) is 21.2. The van der Waals surface area contributed by atoms with E-state index in [0.29, 0.717) is 12.2 Å². The monoisotopic (exact) mass is 402 g/mol. The summed E-state index contributed by atoms with van der Waals surface area (Å²) in [4.78, 5) is 13.9. The van der Waals surface area contributed by atoms with Gasteiger partial charge in [0.15, 0.2) is 11.6 Å². The molecule has 0 amide bonds. The van der Waals surface area contributed by atoms with Crippen LogP contribution in [0.3, 0.4) is 0 Å². The fourth-order valence-electron chi connectivity index (χ4n) is 8.42. The molecule has 4 bridgehead atoms. The van der Waals surface area contributed by atoms with Crippen LogP contribution in [0.25, 0.3) is 0 Å². The molecule has 2 aliphatic heterocycles. The predicted molar refractivity (Wildman–Crippen MR) is 107 cm³/mol. The largest absolute Gasteiger partial charge is 0.387 e. The second kappa shape index (κ2) is 5.42. The fraction of sp³-hybridized carbons (Fsp3) is 0.792. The average Bonchev–Trinajstić information content (AvgIpc) is 2.71. The summed E-state index contributed by atoms with van der Waals surface area (Å²) in [5.74, 6) is -3.26. The molecule has 5 nitrogen and oxygen atoms in total. The maximum Gasteiger partial charge on any atom is 0.211 e. The first-order chi connectivity index (χ1) is 13.4. The van der Waals surface area contributed by atoms with Gasteiger partial charge in [0.2, 0.25) is 5.79 Å². The lowest BCUT2D eigenvalue weighted by atomic mass is 9.36. The molecule has 0 aromatic carbocycles. The Hall–Kier alpha value is -1.01. The second-order valence-electron chi connectivity index (χ2n) is 11.4. The molecule has 3 saturated carbocycles. The SMILES string of the molecule is C=C1C(=O)[C@@]23C(CC[C@@H]1[C@H]2C)[C@]12C=CCC(C)(C)C1[C@H](O)[C@@]3(OC(C)(C)O)OC2. The second-order valence-corrected chi connectivity index (χ2v) is 11.4. The van der Waals surface area contributed by atoms with E-state index in [-0.39, 0.29) is 34.9 Å². The molecule has 5 fully saturated rings. The summed E-state index contributed by atoms with van der Waals surface area (Å²) in [6, 6.07) is 0. The molecule has 2 saturated heterocycles. The molecule has 4 aliphatic carbocycles. The third kappa shape index (κ3) is 1.99. The summed E-state index contributed by atoms with van der Waals surface area (Å²) in [7, 11) is 0. The van der Waals surface area contributed by atoms with Gasteiger partial charge in [0.1, 0.15) is 6.10 Å². The number of ketones is 1. The van der Waals surface area contributed by atoms with E-state index >= 15 is 0 Å². The highest BCUT2D eigenvalue weighted by atomic mass is 16.8. The number of carbonyl (C=O) groups excluding carboxylic acids is 1. The lowest BCUT2D eigenvalue weighted by molar-refractivity contribution is -0.477. The molecule has 6 aliphatic rings. The van der Waals surface area contributed by atoms with Crippen molar-refractivity contribution >= 4 is 5.78 Å². The normalized spacial score (nSPS) is 52.4. The van der Waals surface area contributed by atoms with Crippen molar-refractivity contribution in [3.05, 3.63) is 24.3 Å². The lowest BCUT2D eigenvalue weighted by Gasteiger charge is -2.74. The molecule has 6 rings (SSSR count). The van der Waals surface area contributed by atoms with Crippen LogP contribution in [0.15, 0.2) is 24.3 Å². The molecule has 2 N–H and O–H groups in total. The molecule has 29 heavy (non-hydrogen) atoms. The Balaban J connectivity index is 1.83. The van der Waals surface area contributed by atoms with Crippen LogP contribution in [-0.4, -0.2) is 40.3 Å². The molecule has 0 aromatic heterocycles. The average molecular weight is 403 g/mol. The third-order valence-corrected chi connectivity index (χ3v) is 9.11. The summed E-state index contributed by atoms with van der Waals surface area (Å²) < 4.78 is 12.7. The molecule has 2 spiro atoms. The van der Waals surface area contributed by atoms with Gasteiger partial charge in [-0.1, -0.05) is 39.5 Å². The first-order valence-electron chi connectivity index (χ1n) is 11.0. The van der Waals surface area contributed by atoms with Gasteiger partial charge in [-0.05, 0) is 61.9 Å². The van der Waals surface area contributed by atoms with Crippen LogP contribution < -0.4 is 0 Å². The van der Waals surface area contributed by atoms with Crippen molar-refractivity contribution in [1.82, 2.24) is 0 Å². The van der Waals surface area contributed by atoms with Crippen LogP contribution >= 0.6 is 0 Å². The zero-order valence-electron chi connectivity index (χ0n) is 18.2. The van der Waals surface area contributed by atoms with Crippen LogP contribution in [0.2, 0.25) is 0 Å². The van der Waals surface area contributed by atoms with Crippen molar-refractivity contribution in [3.63, 3.8) is 0 Å². The van der Waals surface area contributed by atoms with E-state index in [0.717, 1.165) is 19.3 Å². The topological polar surface area (TPSA) is 76.0 Å². The van der Waals surface area contributed by atoms with Gasteiger partial charge in [-0.2, -0.15) is 0 Å².